The van der Waals surface area contributed by atoms with Crippen molar-refractivity contribution in [3.8, 4) is 5.75 Å². The van der Waals surface area contributed by atoms with Gasteiger partial charge in [-0.05, 0) is 49.2 Å². The number of nitrogens with zero attached hydrogens (tertiary/aromatic N) is 3. The summed E-state index contributed by atoms with van der Waals surface area (Å²) in [5.41, 5.74) is 0.250. The van der Waals surface area contributed by atoms with Gasteiger partial charge in [0.05, 0.1) is 17.2 Å². The Kier molecular flexibility index (Phi) is 9.17. The van der Waals surface area contributed by atoms with Crippen LogP contribution in [0.5, 0.6) is 5.75 Å². The van der Waals surface area contributed by atoms with Crippen molar-refractivity contribution in [3.63, 3.8) is 0 Å². The van der Waals surface area contributed by atoms with Crippen LogP contribution in [-0.2, 0) is 14.8 Å². The molecule has 0 unspecified atom stereocenters. The summed E-state index contributed by atoms with van der Waals surface area (Å²) in [7, 11) is -4.11. The number of halogens is 1. The lowest BCUT2D eigenvalue weighted by atomic mass is 10.3. The van der Waals surface area contributed by atoms with Crippen LogP contribution in [0.3, 0.4) is 0 Å². The number of carbonyl (C=O) groups is 1. The molecule has 0 aliphatic carbocycles. The van der Waals surface area contributed by atoms with Crippen LogP contribution < -0.4 is 14.4 Å². The van der Waals surface area contributed by atoms with Gasteiger partial charge in [-0.15, -0.1) is 10.2 Å². The Labute approximate surface area is 212 Å². The Hall–Kier alpha value is -2.34. The summed E-state index contributed by atoms with van der Waals surface area (Å²) >= 11 is 8.74. The van der Waals surface area contributed by atoms with Gasteiger partial charge in [-0.25, -0.2) is 8.42 Å². The number of carbonyl (C=O) groups excluding carboxylic acids is 1. The van der Waals surface area contributed by atoms with E-state index in [1.165, 1.54) is 35.6 Å². The van der Waals surface area contributed by atoms with Crippen LogP contribution in [0, 0.1) is 5.92 Å². The molecule has 1 N–H and O–H groups in total. The van der Waals surface area contributed by atoms with Crippen molar-refractivity contribution >= 4 is 61.4 Å². The molecule has 182 valence electrons. The Morgan fingerprint density at radius 1 is 1.18 bits per heavy atom. The lowest BCUT2D eigenvalue weighted by molar-refractivity contribution is -0.114. The first kappa shape index (κ1) is 26.3. The number of aromatic nitrogens is 2. The number of nitrogens with one attached hydrogen (secondary N) is 1. The minimum atomic E-state index is -4.11. The topological polar surface area (TPSA) is 101 Å². The lowest BCUT2D eigenvalue weighted by Crippen LogP contribution is -2.38. The fraction of sp³-hybridized carbons (Fsp3) is 0.318. The molecule has 0 fully saturated rings. The number of rotatable bonds is 11. The molecule has 3 aromatic rings. The van der Waals surface area contributed by atoms with E-state index in [4.69, 9.17) is 16.3 Å². The smallest absolute Gasteiger partial charge is 0.264 e. The number of ether oxygens (including phenoxy) is 1. The highest BCUT2D eigenvalue weighted by molar-refractivity contribution is 8.01. The van der Waals surface area contributed by atoms with Crippen molar-refractivity contribution in [2.75, 3.05) is 28.5 Å². The van der Waals surface area contributed by atoms with Gasteiger partial charge in [0.25, 0.3) is 10.0 Å². The molecule has 0 spiro atoms. The van der Waals surface area contributed by atoms with E-state index in [9.17, 15) is 13.2 Å². The Morgan fingerprint density at radius 3 is 2.56 bits per heavy atom. The number of hydrogen-bond donors (Lipinski definition) is 1. The number of benzene rings is 2. The number of thioether (sulfide) groups is 1. The maximum atomic E-state index is 13.6. The van der Waals surface area contributed by atoms with Crippen LogP contribution >= 0.6 is 34.7 Å². The van der Waals surface area contributed by atoms with Crippen molar-refractivity contribution in [1.29, 1.82) is 0 Å². The molecule has 0 atom stereocenters. The quantitative estimate of drug-likeness (QED) is 0.264. The van der Waals surface area contributed by atoms with Gasteiger partial charge in [-0.2, -0.15) is 0 Å². The fourth-order valence-electron chi connectivity index (χ4n) is 2.82. The van der Waals surface area contributed by atoms with E-state index in [0.29, 0.717) is 28.4 Å². The largest absolute Gasteiger partial charge is 0.492 e. The van der Waals surface area contributed by atoms with E-state index in [1.807, 2.05) is 0 Å². The molecule has 1 aromatic heterocycles. The van der Waals surface area contributed by atoms with Crippen molar-refractivity contribution < 1.29 is 17.9 Å². The first-order chi connectivity index (χ1) is 16.2. The second kappa shape index (κ2) is 11.9. The van der Waals surface area contributed by atoms with E-state index >= 15 is 0 Å². The zero-order valence-electron chi connectivity index (χ0n) is 18.9. The summed E-state index contributed by atoms with van der Waals surface area (Å²) in [6.07, 6.45) is 0. The maximum absolute atomic E-state index is 13.6. The first-order valence-electron chi connectivity index (χ1n) is 10.5. The zero-order chi connectivity index (χ0) is 24.7. The third-order valence-electron chi connectivity index (χ3n) is 4.32. The van der Waals surface area contributed by atoms with Crippen LogP contribution in [0.4, 0.5) is 10.8 Å². The molecule has 3 rings (SSSR count). The number of para-hydroxylation sites is 2. The predicted octanol–water partition coefficient (Wildman–Crippen LogP) is 5.17. The minimum absolute atomic E-state index is 0.000659. The van der Waals surface area contributed by atoms with Gasteiger partial charge < -0.3 is 4.74 Å². The highest BCUT2D eigenvalue weighted by Gasteiger charge is 2.29. The van der Waals surface area contributed by atoms with Gasteiger partial charge in [-0.1, -0.05) is 60.7 Å². The van der Waals surface area contributed by atoms with Gasteiger partial charge in [0, 0.05) is 10.8 Å². The summed E-state index contributed by atoms with van der Waals surface area (Å²) in [6, 6.07) is 12.4. The molecule has 2 aromatic carbocycles. The lowest BCUT2D eigenvalue weighted by Gasteiger charge is -2.25. The van der Waals surface area contributed by atoms with Crippen molar-refractivity contribution in [3.05, 3.63) is 53.6 Å². The number of amides is 1. The molecule has 0 saturated heterocycles. The zero-order valence-corrected chi connectivity index (χ0v) is 22.1. The Morgan fingerprint density at radius 2 is 1.88 bits per heavy atom. The van der Waals surface area contributed by atoms with Crippen molar-refractivity contribution in [2.24, 2.45) is 5.92 Å². The molecule has 12 heteroatoms. The Bertz CT molecular complexity index is 1220. The highest BCUT2D eigenvalue weighted by atomic mass is 35.5. The van der Waals surface area contributed by atoms with E-state index in [1.54, 1.807) is 43.0 Å². The van der Waals surface area contributed by atoms with Crippen molar-refractivity contribution in [2.45, 2.75) is 30.0 Å². The minimum Gasteiger partial charge on any atom is -0.492 e. The maximum Gasteiger partial charge on any atom is 0.264 e. The van der Waals surface area contributed by atoms with Gasteiger partial charge in [0.1, 0.15) is 12.3 Å². The molecule has 0 radical (unpaired) electrons. The molecule has 8 nitrogen and oxygen atoms in total. The number of hydrogen-bond acceptors (Lipinski definition) is 8. The van der Waals surface area contributed by atoms with Gasteiger partial charge in [0.2, 0.25) is 11.0 Å². The molecule has 1 heterocycles. The molecule has 0 aliphatic heterocycles. The normalized spacial score (nSPS) is 11.4. The average molecular weight is 541 g/mol. The van der Waals surface area contributed by atoms with Crippen LogP contribution in [0.25, 0.3) is 0 Å². The monoisotopic (exact) mass is 540 g/mol. The van der Waals surface area contributed by atoms with Crippen LogP contribution in [0.2, 0.25) is 5.02 Å². The summed E-state index contributed by atoms with van der Waals surface area (Å²) in [5, 5.41) is 11.4. The van der Waals surface area contributed by atoms with E-state index in [0.717, 1.165) is 14.4 Å². The second-order valence-electron chi connectivity index (χ2n) is 7.49. The molecule has 0 bridgehead atoms. The number of sulfonamides is 1. The van der Waals surface area contributed by atoms with Crippen LogP contribution in [0.15, 0.2) is 57.8 Å². The Balaban J connectivity index is 1.89. The molecular formula is C22H25ClN4O4S3. The van der Waals surface area contributed by atoms with E-state index in [2.05, 4.69) is 29.4 Å². The first-order valence-corrected chi connectivity index (χ1v) is 14.1. The van der Waals surface area contributed by atoms with E-state index in [-0.39, 0.29) is 10.6 Å². The third kappa shape index (κ3) is 6.84. The summed E-state index contributed by atoms with van der Waals surface area (Å²) in [5.74, 6) is 1.16. The average Bonchev–Trinajstić information content (AvgIpc) is 3.24. The molecular weight excluding hydrogens is 516 g/mol. The van der Waals surface area contributed by atoms with Gasteiger partial charge >= 0.3 is 0 Å². The molecule has 0 aliphatic rings. The number of anilines is 2. The second-order valence-corrected chi connectivity index (χ2v) is 12.0. The standard InChI is InChI=1S/C22H25ClN4O4S3/c1-4-31-19-8-6-5-7-18(19)27(34(29,30)17-11-9-16(23)10-12-17)13-20(28)24-21-25-26-22(33-21)32-14-15(2)3/h5-12,15H,4,13-14H2,1-3H3,(H,24,25,28). The predicted molar refractivity (Wildman–Crippen MR) is 138 cm³/mol. The van der Waals surface area contributed by atoms with Crippen molar-refractivity contribution in [1.82, 2.24) is 10.2 Å². The van der Waals surface area contributed by atoms with E-state index < -0.39 is 22.5 Å². The van der Waals surface area contributed by atoms with Crippen LogP contribution in [0.1, 0.15) is 20.8 Å². The highest BCUT2D eigenvalue weighted by Crippen LogP contribution is 2.33. The molecule has 0 saturated carbocycles. The third-order valence-corrected chi connectivity index (χ3v) is 8.74. The summed E-state index contributed by atoms with van der Waals surface area (Å²) < 4.78 is 34.5. The summed E-state index contributed by atoms with van der Waals surface area (Å²) in [6.45, 7) is 5.85. The SMILES string of the molecule is CCOc1ccccc1N(CC(=O)Nc1nnc(SCC(C)C)s1)S(=O)(=O)c1ccc(Cl)cc1. The molecule has 1 amide bonds. The van der Waals surface area contributed by atoms with Gasteiger partial charge in [-0.3, -0.25) is 14.4 Å². The summed E-state index contributed by atoms with van der Waals surface area (Å²) in [4.78, 5) is 12.9. The van der Waals surface area contributed by atoms with Crippen LogP contribution in [-0.4, -0.2) is 43.4 Å². The van der Waals surface area contributed by atoms with Gasteiger partial charge in [0.15, 0.2) is 4.34 Å². The molecule has 34 heavy (non-hydrogen) atoms. The fourth-order valence-corrected chi connectivity index (χ4v) is 6.12.